The second kappa shape index (κ2) is 5.11. The monoisotopic (exact) mass is 255 g/mol. The van der Waals surface area contributed by atoms with Crippen LogP contribution >= 0.6 is 23.4 Å². The minimum atomic E-state index is 0.00872. The van der Waals surface area contributed by atoms with Gasteiger partial charge in [-0.25, -0.2) is 0 Å². The average Bonchev–Trinajstić information content (AvgIpc) is 2.72. The van der Waals surface area contributed by atoms with Crippen LogP contribution in [0.5, 0.6) is 0 Å². The van der Waals surface area contributed by atoms with Crippen molar-refractivity contribution in [3.05, 3.63) is 29.8 Å². The van der Waals surface area contributed by atoms with Crippen molar-refractivity contribution in [2.45, 2.75) is 10.8 Å². The molecule has 16 heavy (non-hydrogen) atoms. The Bertz CT molecular complexity index is 396. The van der Waals surface area contributed by atoms with Gasteiger partial charge in [-0.2, -0.15) is 0 Å². The van der Waals surface area contributed by atoms with E-state index in [1.807, 2.05) is 25.2 Å². The van der Waals surface area contributed by atoms with Gasteiger partial charge in [0, 0.05) is 30.1 Å². The number of benzene rings is 1. The summed E-state index contributed by atoms with van der Waals surface area (Å²) in [5.74, 6) is 1.53. The van der Waals surface area contributed by atoms with Gasteiger partial charge in [-0.3, -0.25) is 4.79 Å². The number of nitrogens with zero attached hydrogens (tertiary/aromatic N) is 1. The first-order valence-corrected chi connectivity index (χ1v) is 6.78. The summed E-state index contributed by atoms with van der Waals surface area (Å²) in [4.78, 5) is 15.1. The molecule has 1 aliphatic rings. The van der Waals surface area contributed by atoms with Crippen LogP contribution in [-0.4, -0.2) is 36.0 Å². The van der Waals surface area contributed by atoms with Gasteiger partial charge in [-0.15, -0.1) is 23.4 Å². The molecule has 1 heterocycles. The van der Waals surface area contributed by atoms with Crippen LogP contribution in [0.3, 0.4) is 0 Å². The topological polar surface area (TPSA) is 20.3 Å². The van der Waals surface area contributed by atoms with Gasteiger partial charge in [0.2, 0.25) is 5.91 Å². The SMILES string of the molecule is CN(CCCl)C(=O)C1CSc2ccccc21. The van der Waals surface area contributed by atoms with Gasteiger partial charge in [0.05, 0.1) is 5.92 Å². The van der Waals surface area contributed by atoms with E-state index in [-0.39, 0.29) is 11.8 Å². The largest absolute Gasteiger partial charge is 0.344 e. The fourth-order valence-corrected chi connectivity index (χ4v) is 3.34. The van der Waals surface area contributed by atoms with E-state index in [0.717, 1.165) is 5.75 Å². The molecule has 1 aromatic carbocycles. The van der Waals surface area contributed by atoms with Crippen molar-refractivity contribution >= 4 is 29.3 Å². The van der Waals surface area contributed by atoms with E-state index < -0.39 is 0 Å². The maximum Gasteiger partial charge on any atom is 0.230 e. The second-order valence-corrected chi connectivity index (χ2v) is 5.29. The van der Waals surface area contributed by atoms with Crippen molar-refractivity contribution in [2.24, 2.45) is 0 Å². The van der Waals surface area contributed by atoms with Gasteiger partial charge in [-0.05, 0) is 11.6 Å². The van der Waals surface area contributed by atoms with E-state index in [2.05, 4.69) is 6.07 Å². The Morgan fingerprint density at radius 3 is 3.06 bits per heavy atom. The first-order chi connectivity index (χ1) is 7.74. The lowest BCUT2D eigenvalue weighted by molar-refractivity contribution is -0.130. The molecular weight excluding hydrogens is 242 g/mol. The Morgan fingerprint density at radius 2 is 2.31 bits per heavy atom. The highest BCUT2D eigenvalue weighted by Crippen LogP contribution is 2.39. The van der Waals surface area contributed by atoms with Crippen molar-refractivity contribution in [3.8, 4) is 0 Å². The molecule has 4 heteroatoms. The highest BCUT2D eigenvalue weighted by molar-refractivity contribution is 7.99. The molecule has 2 nitrogen and oxygen atoms in total. The van der Waals surface area contributed by atoms with Crippen molar-refractivity contribution in [3.63, 3.8) is 0 Å². The van der Waals surface area contributed by atoms with E-state index in [4.69, 9.17) is 11.6 Å². The molecule has 0 saturated carbocycles. The zero-order chi connectivity index (χ0) is 11.5. The lowest BCUT2D eigenvalue weighted by atomic mass is 10.00. The molecule has 0 saturated heterocycles. The number of fused-ring (bicyclic) bond motifs is 1. The summed E-state index contributed by atoms with van der Waals surface area (Å²) in [6.07, 6.45) is 0. The maximum absolute atomic E-state index is 12.2. The molecule has 0 fully saturated rings. The zero-order valence-corrected chi connectivity index (χ0v) is 10.7. The molecule has 0 radical (unpaired) electrons. The predicted octanol–water partition coefficient (Wildman–Crippen LogP) is 2.57. The number of rotatable bonds is 3. The molecule has 1 unspecified atom stereocenters. The van der Waals surface area contributed by atoms with Gasteiger partial charge in [0.25, 0.3) is 0 Å². The molecule has 1 atom stereocenters. The molecule has 0 bridgehead atoms. The first kappa shape index (κ1) is 11.8. The third-order valence-electron chi connectivity index (χ3n) is 2.79. The Balaban J connectivity index is 2.16. The third-order valence-corrected chi connectivity index (χ3v) is 4.15. The first-order valence-electron chi connectivity index (χ1n) is 5.26. The molecule has 2 rings (SSSR count). The van der Waals surface area contributed by atoms with Crippen molar-refractivity contribution in [1.82, 2.24) is 4.90 Å². The number of thioether (sulfide) groups is 1. The van der Waals surface area contributed by atoms with Crippen LogP contribution in [0.4, 0.5) is 0 Å². The van der Waals surface area contributed by atoms with Gasteiger partial charge in [0.1, 0.15) is 0 Å². The zero-order valence-electron chi connectivity index (χ0n) is 9.15. The smallest absolute Gasteiger partial charge is 0.230 e. The summed E-state index contributed by atoms with van der Waals surface area (Å²) in [6.45, 7) is 0.615. The minimum Gasteiger partial charge on any atom is -0.344 e. The summed E-state index contributed by atoms with van der Waals surface area (Å²) in [5, 5.41) is 0. The lowest BCUT2D eigenvalue weighted by Crippen LogP contribution is -2.33. The summed E-state index contributed by atoms with van der Waals surface area (Å²) in [5.41, 5.74) is 1.17. The molecule has 1 amide bonds. The van der Waals surface area contributed by atoms with Crippen LogP contribution in [0.25, 0.3) is 0 Å². The van der Waals surface area contributed by atoms with Crippen molar-refractivity contribution in [1.29, 1.82) is 0 Å². The van der Waals surface area contributed by atoms with Crippen LogP contribution in [0.1, 0.15) is 11.5 Å². The summed E-state index contributed by atoms with van der Waals surface area (Å²) >= 11 is 7.41. The van der Waals surface area contributed by atoms with E-state index in [0.29, 0.717) is 12.4 Å². The Kier molecular flexibility index (Phi) is 3.77. The molecule has 1 aromatic rings. The van der Waals surface area contributed by atoms with E-state index in [1.54, 1.807) is 16.7 Å². The van der Waals surface area contributed by atoms with E-state index in [9.17, 15) is 4.79 Å². The second-order valence-electron chi connectivity index (χ2n) is 3.85. The Hall–Kier alpha value is -0.670. The number of amides is 1. The molecule has 86 valence electrons. The van der Waals surface area contributed by atoms with Crippen LogP contribution < -0.4 is 0 Å². The normalized spacial score (nSPS) is 18.2. The standard InChI is InChI=1S/C12H14ClNOS/c1-14(7-6-13)12(15)10-8-16-11-5-3-2-4-9(10)11/h2-5,10H,6-8H2,1H3. The summed E-state index contributed by atoms with van der Waals surface area (Å²) in [7, 11) is 1.82. The van der Waals surface area contributed by atoms with Gasteiger partial charge in [-0.1, -0.05) is 18.2 Å². The van der Waals surface area contributed by atoms with E-state index >= 15 is 0 Å². The number of alkyl halides is 1. The lowest BCUT2D eigenvalue weighted by Gasteiger charge is -2.20. The van der Waals surface area contributed by atoms with Crippen molar-refractivity contribution in [2.75, 3.05) is 25.2 Å². The Morgan fingerprint density at radius 1 is 1.56 bits per heavy atom. The molecule has 0 aromatic heterocycles. The fourth-order valence-electron chi connectivity index (χ4n) is 1.87. The minimum absolute atomic E-state index is 0.00872. The highest BCUT2D eigenvalue weighted by atomic mass is 35.5. The number of carbonyl (C=O) groups excluding carboxylic acids is 1. The Labute approximate surface area is 105 Å². The van der Waals surface area contributed by atoms with Crippen LogP contribution in [-0.2, 0) is 4.79 Å². The van der Waals surface area contributed by atoms with Crippen LogP contribution in [0.2, 0.25) is 0 Å². The molecule has 0 aliphatic carbocycles. The molecule has 0 spiro atoms. The number of hydrogen-bond acceptors (Lipinski definition) is 2. The average molecular weight is 256 g/mol. The van der Waals surface area contributed by atoms with Gasteiger partial charge in [0.15, 0.2) is 0 Å². The molecule has 0 N–H and O–H groups in total. The van der Waals surface area contributed by atoms with Gasteiger partial charge >= 0.3 is 0 Å². The summed E-state index contributed by atoms with van der Waals surface area (Å²) in [6, 6.07) is 8.13. The van der Waals surface area contributed by atoms with Crippen molar-refractivity contribution < 1.29 is 4.79 Å². The third kappa shape index (κ3) is 2.20. The number of halogens is 1. The van der Waals surface area contributed by atoms with E-state index in [1.165, 1.54) is 10.5 Å². The molecular formula is C12H14ClNOS. The number of hydrogen-bond donors (Lipinski definition) is 0. The van der Waals surface area contributed by atoms with Crippen LogP contribution in [0.15, 0.2) is 29.2 Å². The predicted molar refractivity (Wildman–Crippen MR) is 68.3 cm³/mol. The quantitative estimate of drug-likeness (QED) is 0.774. The maximum atomic E-state index is 12.2. The van der Waals surface area contributed by atoms with Gasteiger partial charge < -0.3 is 4.90 Å². The summed E-state index contributed by atoms with van der Waals surface area (Å²) < 4.78 is 0. The molecule has 1 aliphatic heterocycles. The van der Waals surface area contributed by atoms with Crippen LogP contribution in [0, 0.1) is 0 Å². The fraction of sp³-hybridized carbons (Fsp3) is 0.417. The highest BCUT2D eigenvalue weighted by Gasteiger charge is 2.30. The number of likely N-dealkylation sites (N-methyl/N-ethyl adjacent to an activating group) is 1. The number of carbonyl (C=O) groups is 1.